The molecule has 0 aliphatic rings. The zero-order valence-corrected chi connectivity index (χ0v) is 16.6. The smallest absolute Gasteiger partial charge is 0.234 e. The van der Waals surface area contributed by atoms with Crippen LogP contribution in [-0.4, -0.2) is 35.3 Å². The van der Waals surface area contributed by atoms with E-state index in [0.29, 0.717) is 0 Å². The van der Waals surface area contributed by atoms with Crippen LogP contribution in [0.15, 0.2) is 48.5 Å². The number of hydrogen-bond donors (Lipinski definition) is 1. The van der Waals surface area contributed by atoms with Crippen LogP contribution in [0.2, 0.25) is 0 Å². The summed E-state index contributed by atoms with van der Waals surface area (Å²) in [4.78, 5) is 26.1. The zero-order valence-electron chi connectivity index (χ0n) is 15.8. The van der Waals surface area contributed by atoms with Crippen molar-refractivity contribution in [2.45, 2.75) is 26.8 Å². The van der Waals surface area contributed by atoms with Crippen LogP contribution in [-0.2, 0) is 9.59 Å². The maximum Gasteiger partial charge on any atom is 0.234 e. The van der Waals surface area contributed by atoms with Crippen molar-refractivity contribution in [2.24, 2.45) is 0 Å². The number of hydrogen-bond acceptors (Lipinski definition) is 3. The van der Waals surface area contributed by atoms with Gasteiger partial charge in [-0.1, -0.05) is 47.5 Å². The molecule has 0 fully saturated rings. The number of rotatable bonds is 7. The van der Waals surface area contributed by atoms with Gasteiger partial charge in [-0.25, -0.2) is 0 Å². The highest BCUT2D eigenvalue weighted by Gasteiger charge is 2.17. The molecule has 138 valence electrons. The second-order valence-corrected chi connectivity index (χ2v) is 7.48. The Hall–Kier alpha value is -2.27. The van der Waals surface area contributed by atoms with Crippen LogP contribution in [0.3, 0.4) is 0 Å². The Balaban J connectivity index is 1.77. The first kappa shape index (κ1) is 20.0. The van der Waals surface area contributed by atoms with Crippen molar-refractivity contribution in [2.75, 3.05) is 23.9 Å². The molecule has 0 radical (unpaired) electrons. The summed E-state index contributed by atoms with van der Waals surface area (Å²) in [6.45, 7) is 6.06. The summed E-state index contributed by atoms with van der Waals surface area (Å²) in [6.07, 6.45) is 0. The van der Waals surface area contributed by atoms with Crippen LogP contribution in [0.25, 0.3) is 0 Å². The van der Waals surface area contributed by atoms with E-state index < -0.39 is 0 Å². The van der Waals surface area contributed by atoms with Gasteiger partial charge in [0.1, 0.15) is 0 Å². The van der Waals surface area contributed by atoms with Gasteiger partial charge in [-0.15, -0.1) is 11.8 Å². The molecule has 2 aromatic carbocycles. The molecule has 4 nitrogen and oxygen atoms in total. The van der Waals surface area contributed by atoms with Gasteiger partial charge in [-0.05, 0) is 38.5 Å². The molecule has 2 aromatic rings. The number of carbonyl (C=O) groups excluding carboxylic acids is 2. The summed E-state index contributed by atoms with van der Waals surface area (Å²) in [5, 5.41) is 2.84. The Kier molecular flexibility index (Phi) is 7.27. The fraction of sp³-hybridized carbons (Fsp3) is 0.333. The fourth-order valence-corrected chi connectivity index (χ4v) is 3.19. The summed E-state index contributed by atoms with van der Waals surface area (Å²) in [7, 11) is 1.81. The summed E-state index contributed by atoms with van der Waals surface area (Å²) in [5.74, 6) is 0.465. The first-order valence-corrected chi connectivity index (χ1v) is 9.79. The lowest BCUT2D eigenvalue weighted by Gasteiger charge is -2.25. The van der Waals surface area contributed by atoms with E-state index in [0.717, 1.165) is 16.8 Å². The molecule has 0 aliphatic heterocycles. The number of anilines is 1. The van der Waals surface area contributed by atoms with E-state index in [1.165, 1.54) is 17.3 Å². The zero-order chi connectivity index (χ0) is 19.1. The largest absolute Gasteiger partial charge is 0.338 e. The molecule has 2 amide bonds. The molecule has 0 heterocycles. The summed E-state index contributed by atoms with van der Waals surface area (Å²) >= 11 is 1.33. The van der Waals surface area contributed by atoms with Crippen molar-refractivity contribution in [1.29, 1.82) is 0 Å². The molecule has 0 bridgehead atoms. The highest BCUT2D eigenvalue weighted by Crippen LogP contribution is 2.20. The molecule has 0 aliphatic carbocycles. The maximum absolute atomic E-state index is 12.4. The number of nitrogens with zero attached hydrogens (tertiary/aromatic N) is 1. The van der Waals surface area contributed by atoms with E-state index in [9.17, 15) is 9.59 Å². The third kappa shape index (κ3) is 5.92. The van der Waals surface area contributed by atoms with Gasteiger partial charge in [0.15, 0.2) is 0 Å². The van der Waals surface area contributed by atoms with E-state index in [1.807, 2.05) is 69.3 Å². The van der Waals surface area contributed by atoms with Crippen LogP contribution in [0, 0.1) is 13.8 Å². The third-order valence-corrected chi connectivity index (χ3v) is 5.25. The number of aryl methyl sites for hydroxylation is 2. The maximum atomic E-state index is 12.4. The Morgan fingerprint density at radius 3 is 2.08 bits per heavy atom. The van der Waals surface area contributed by atoms with Crippen LogP contribution in [0.4, 0.5) is 5.69 Å². The van der Waals surface area contributed by atoms with Crippen LogP contribution in [0.5, 0.6) is 0 Å². The monoisotopic (exact) mass is 370 g/mol. The standard InChI is InChI=1S/C21H26N2O2S/c1-15-5-9-18(10-6-15)17(3)23(4)21(25)14-26-13-20(24)22-19-11-7-16(2)8-12-19/h5-12,17H,13-14H2,1-4H3,(H,22,24). The second kappa shape index (κ2) is 9.43. The van der Waals surface area contributed by atoms with Crippen molar-refractivity contribution in [3.63, 3.8) is 0 Å². The van der Waals surface area contributed by atoms with Crippen LogP contribution >= 0.6 is 11.8 Å². The van der Waals surface area contributed by atoms with E-state index in [2.05, 4.69) is 5.32 Å². The van der Waals surface area contributed by atoms with Crippen LogP contribution < -0.4 is 5.32 Å². The first-order valence-electron chi connectivity index (χ1n) is 8.63. The van der Waals surface area contributed by atoms with Crippen molar-refractivity contribution in [1.82, 2.24) is 4.90 Å². The van der Waals surface area contributed by atoms with Crippen LogP contribution in [0.1, 0.15) is 29.7 Å². The van der Waals surface area contributed by atoms with E-state index in [-0.39, 0.29) is 29.4 Å². The topological polar surface area (TPSA) is 49.4 Å². The van der Waals surface area contributed by atoms with Gasteiger partial charge in [-0.3, -0.25) is 9.59 Å². The summed E-state index contributed by atoms with van der Waals surface area (Å²) in [5.41, 5.74) is 4.23. The van der Waals surface area contributed by atoms with Crippen molar-refractivity contribution in [3.8, 4) is 0 Å². The lowest BCUT2D eigenvalue weighted by Crippen LogP contribution is -2.31. The van der Waals surface area contributed by atoms with Gasteiger partial charge >= 0.3 is 0 Å². The molecule has 26 heavy (non-hydrogen) atoms. The number of amides is 2. The number of carbonyl (C=O) groups is 2. The number of thioether (sulfide) groups is 1. The second-order valence-electron chi connectivity index (χ2n) is 6.50. The van der Waals surface area contributed by atoms with Gasteiger partial charge in [0.05, 0.1) is 17.5 Å². The average molecular weight is 371 g/mol. The van der Waals surface area contributed by atoms with Gasteiger partial charge in [-0.2, -0.15) is 0 Å². The van der Waals surface area contributed by atoms with E-state index >= 15 is 0 Å². The van der Waals surface area contributed by atoms with Crippen molar-refractivity contribution in [3.05, 3.63) is 65.2 Å². The minimum absolute atomic E-state index is 0.00471. The minimum Gasteiger partial charge on any atom is -0.338 e. The molecule has 0 saturated carbocycles. The Morgan fingerprint density at radius 1 is 0.962 bits per heavy atom. The molecular weight excluding hydrogens is 344 g/mol. The van der Waals surface area contributed by atoms with Crippen molar-refractivity contribution < 1.29 is 9.59 Å². The molecular formula is C21H26N2O2S. The fourth-order valence-electron chi connectivity index (χ4n) is 2.45. The summed E-state index contributed by atoms with van der Waals surface area (Å²) in [6, 6.07) is 15.9. The first-order chi connectivity index (χ1) is 12.4. The number of benzene rings is 2. The Morgan fingerprint density at radius 2 is 1.50 bits per heavy atom. The quantitative estimate of drug-likeness (QED) is 0.795. The van der Waals surface area contributed by atoms with Gasteiger partial charge in [0.25, 0.3) is 0 Å². The molecule has 0 spiro atoms. The van der Waals surface area contributed by atoms with Crippen molar-refractivity contribution >= 4 is 29.3 Å². The predicted molar refractivity (Wildman–Crippen MR) is 109 cm³/mol. The normalized spacial score (nSPS) is 11.7. The molecule has 0 aromatic heterocycles. The lowest BCUT2D eigenvalue weighted by molar-refractivity contribution is -0.128. The van der Waals surface area contributed by atoms with Gasteiger partial charge in [0, 0.05) is 12.7 Å². The van der Waals surface area contributed by atoms with Gasteiger partial charge < -0.3 is 10.2 Å². The third-order valence-electron chi connectivity index (χ3n) is 4.33. The number of nitrogens with one attached hydrogen (secondary N) is 1. The molecule has 2 rings (SSSR count). The molecule has 1 unspecified atom stereocenters. The SMILES string of the molecule is Cc1ccc(NC(=O)CSCC(=O)N(C)C(C)c2ccc(C)cc2)cc1. The lowest BCUT2D eigenvalue weighted by atomic mass is 10.1. The predicted octanol–water partition coefficient (Wildman–Crippen LogP) is 4.19. The molecule has 1 N–H and O–H groups in total. The Labute approximate surface area is 160 Å². The van der Waals surface area contributed by atoms with Gasteiger partial charge in [0.2, 0.25) is 11.8 Å². The average Bonchev–Trinajstić information content (AvgIpc) is 2.63. The molecule has 5 heteroatoms. The van der Waals surface area contributed by atoms with E-state index in [4.69, 9.17) is 0 Å². The highest BCUT2D eigenvalue weighted by atomic mass is 32.2. The Bertz CT molecular complexity index is 742. The molecule has 1 atom stereocenters. The minimum atomic E-state index is -0.0964. The molecule has 0 saturated heterocycles. The van der Waals surface area contributed by atoms with E-state index in [1.54, 1.807) is 11.9 Å². The highest BCUT2D eigenvalue weighted by molar-refractivity contribution is 8.00. The summed E-state index contributed by atoms with van der Waals surface area (Å²) < 4.78 is 0.